The number of aryl methyl sites for hydroxylation is 1. The fourth-order valence-corrected chi connectivity index (χ4v) is 2.48. The van der Waals surface area contributed by atoms with Gasteiger partial charge in [0.25, 0.3) is 5.56 Å². The largest absolute Gasteiger partial charge is 0.573 e. The van der Waals surface area contributed by atoms with Gasteiger partial charge in [-0.2, -0.15) is 0 Å². The van der Waals surface area contributed by atoms with E-state index in [-0.39, 0.29) is 24.1 Å². The van der Waals surface area contributed by atoms with Gasteiger partial charge in [0.1, 0.15) is 11.6 Å². The molecule has 0 aliphatic carbocycles. The van der Waals surface area contributed by atoms with Crippen LogP contribution in [0.2, 0.25) is 0 Å². The minimum atomic E-state index is -4.81. The Kier molecular flexibility index (Phi) is 5.11. The number of ether oxygens (including phenoxy) is 1. The molecule has 0 fully saturated rings. The van der Waals surface area contributed by atoms with Gasteiger partial charge in [0.15, 0.2) is 0 Å². The van der Waals surface area contributed by atoms with Crippen LogP contribution in [0, 0.1) is 0 Å². The van der Waals surface area contributed by atoms with E-state index in [1.54, 1.807) is 24.3 Å². The SMILES string of the molecule is O=C(CCc1nc2ccccc2c(=O)[nH]1)Nc1cccc(OC(F)(F)F)c1. The molecule has 3 aromatic rings. The second kappa shape index (κ2) is 7.48. The number of halogens is 3. The summed E-state index contributed by atoms with van der Waals surface area (Å²) in [5.74, 6) is -0.515. The molecule has 1 amide bonds. The number of hydrogen-bond donors (Lipinski definition) is 2. The highest BCUT2D eigenvalue weighted by atomic mass is 19.4. The summed E-state index contributed by atoms with van der Waals surface area (Å²) in [6, 6.07) is 11.8. The van der Waals surface area contributed by atoms with E-state index in [9.17, 15) is 22.8 Å². The Labute approximate surface area is 151 Å². The molecule has 140 valence electrons. The smallest absolute Gasteiger partial charge is 0.406 e. The highest BCUT2D eigenvalue weighted by Gasteiger charge is 2.31. The molecule has 1 aromatic heterocycles. The van der Waals surface area contributed by atoms with E-state index in [4.69, 9.17) is 0 Å². The van der Waals surface area contributed by atoms with E-state index in [2.05, 4.69) is 20.0 Å². The molecule has 9 heteroatoms. The average molecular weight is 377 g/mol. The molecular weight excluding hydrogens is 363 g/mol. The van der Waals surface area contributed by atoms with Gasteiger partial charge in [0.2, 0.25) is 5.91 Å². The molecule has 0 unspecified atom stereocenters. The van der Waals surface area contributed by atoms with Crippen molar-refractivity contribution in [3.8, 4) is 5.75 Å². The topological polar surface area (TPSA) is 84.1 Å². The van der Waals surface area contributed by atoms with Crippen LogP contribution >= 0.6 is 0 Å². The molecule has 0 radical (unpaired) electrons. The van der Waals surface area contributed by atoms with Crippen molar-refractivity contribution in [2.45, 2.75) is 19.2 Å². The van der Waals surface area contributed by atoms with Gasteiger partial charge in [0.05, 0.1) is 10.9 Å². The Morgan fingerprint density at radius 3 is 2.70 bits per heavy atom. The minimum Gasteiger partial charge on any atom is -0.406 e. The summed E-state index contributed by atoms with van der Waals surface area (Å²) >= 11 is 0. The van der Waals surface area contributed by atoms with Crippen LogP contribution in [0.25, 0.3) is 10.9 Å². The Morgan fingerprint density at radius 1 is 1.15 bits per heavy atom. The quantitative estimate of drug-likeness (QED) is 0.714. The molecule has 6 nitrogen and oxygen atoms in total. The summed E-state index contributed by atoms with van der Waals surface area (Å²) < 4.78 is 40.5. The van der Waals surface area contributed by atoms with Crippen LogP contribution in [-0.2, 0) is 11.2 Å². The van der Waals surface area contributed by atoms with Crippen molar-refractivity contribution in [1.29, 1.82) is 0 Å². The number of para-hydroxylation sites is 1. The van der Waals surface area contributed by atoms with Crippen LogP contribution < -0.4 is 15.6 Å². The number of amides is 1. The number of nitrogens with zero attached hydrogens (tertiary/aromatic N) is 1. The zero-order valence-corrected chi connectivity index (χ0v) is 13.8. The van der Waals surface area contributed by atoms with Crippen molar-refractivity contribution >= 4 is 22.5 Å². The van der Waals surface area contributed by atoms with Crippen LogP contribution in [0.15, 0.2) is 53.3 Å². The minimum absolute atomic E-state index is 0.00830. The Hall–Kier alpha value is -3.36. The van der Waals surface area contributed by atoms with Crippen molar-refractivity contribution < 1.29 is 22.7 Å². The monoisotopic (exact) mass is 377 g/mol. The summed E-state index contributed by atoms with van der Waals surface area (Å²) in [5.41, 5.74) is 0.392. The lowest BCUT2D eigenvalue weighted by Crippen LogP contribution is -2.18. The van der Waals surface area contributed by atoms with Crippen LogP contribution in [0.4, 0.5) is 18.9 Å². The van der Waals surface area contributed by atoms with Gasteiger partial charge in [-0.25, -0.2) is 4.98 Å². The van der Waals surface area contributed by atoms with E-state index in [0.29, 0.717) is 16.7 Å². The first-order chi connectivity index (χ1) is 12.8. The van der Waals surface area contributed by atoms with Gasteiger partial charge in [-0.05, 0) is 24.3 Å². The van der Waals surface area contributed by atoms with Gasteiger partial charge in [-0.3, -0.25) is 9.59 Å². The molecule has 0 spiro atoms. The number of carbonyl (C=O) groups is 1. The van der Waals surface area contributed by atoms with Gasteiger partial charge in [0, 0.05) is 24.6 Å². The standard InChI is InChI=1S/C18H14F3N3O3/c19-18(20,21)27-12-5-3-4-11(10-12)22-16(25)9-8-15-23-14-7-2-1-6-13(14)17(26)24-15/h1-7,10H,8-9H2,(H,22,25)(H,23,24,26). The number of H-pyrrole nitrogens is 1. The number of anilines is 1. The van der Waals surface area contributed by atoms with Gasteiger partial charge >= 0.3 is 6.36 Å². The van der Waals surface area contributed by atoms with E-state index >= 15 is 0 Å². The van der Waals surface area contributed by atoms with Crippen LogP contribution in [0.3, 0.4) is 0 Å². The molecule has 1 heterocycles. The van der Waals surface area contributed by atoms with E-state index in [1.165, 1.54) is 12.1 Å². The molecule has 0 bridgehead atoms. The van der Waals surface area contributed by atoms with E-state index in [0.717, 1.165) is 12.1 Å². The Balaban J connectivity index is 1.63. The molecule has 3 rings (SSSR count). The molecule has 0 atom stereocenters. The second-order valence-electron chi connectivity index (χ2n) is 5.65. The van der Waals surface area contributed by atoms with Crippen molar-refractivity contribution in [3.05, 3.63) is 64.7 Å². The summed E-state index contributed by atoms with van der Waals surface area (Å²) in [4.78, 5) is 30.9. The molecule has 2 aromatic carbocycles. The number of aromatic amines is 1. The summed E-state index contributed by atoms with van der Waals surface area (Å²) in [6.45, 7) is 0. The molecule has 27 heavy (non-hydrogen) atoms. The highest BCUT2D eigenvalue weighted by molar-refractivity contribution is 5.91. The molecule has 0 saturated carbocycles. The van der Waals surface area contributed by atoms with Crippen LogP contribution in [0.1, 0.15) is 12.2 Å². The fraction of sp³-hybridized carbons (Fsp3) is 0.167. The first kappa shape index (κ1) is 18.4. The maximum atomic E-state index is 12.2. The predicted octanol–water partition coefficient (Wildman–Crippen LogP) is 3.39. The number of rotatable bonds is 5. The third kappa shape index (κ3) is 5.06. The summed E-state index contributed by atoms with van der Waals surface area (Å²) in [6.07, 6.45) is -4.65. The van der Waals surface area contributed by atoms with E-state index in [1.807, 2.05) is 0 Å². The predicted molar refractivity (Wildman–Crippen MR) is 92.4 cm³/mol. The lowest BCUT2D eigenvalue weighted by molar-refractivity contribution is -0.274. The number of fused-ring (bicyclic) bond motifs is 1. The number of carbonyl (C=O) groups excluding carboxylic acids is 1. The number of aromatic nitrogens is 2. The zero-order valence-electron chi connectivity index (χ0n) is 13.8. The summed E-state index contributed by atoms with van der Waals surface area (Å²) in [7, 11) is 0. The normalized spacial score (nSPS) is 11.4. The third-order valence-electron chi connectivity index (χ3n) is 3.60. The van der Waals surface area contributed by atoms with Gasteiger partial charge < -0.3 is 15.0 Å². The first-order valence-electron chi connectivity index (χ1n) is 7.94. The molecule has 0 saturated heterocycles. The summed E-state index contributed by atoms with van der Waals surface area (Å²) in [5, 5.41) is 2.94. The Bertz CT molecular complexity index is 1030. The lowest BCUT2D eigenvalue weighted by Gasteiger charge is -2.10. The molecule has 0 aliphatic rings. The second-order valence-corrected chi connectivity index (χ2v) is 5.65. The fourth-order valence-electron chi connectivity index (χ4n) is 2.48. The maximum Gasteiger partial charge on any atom is 0.573 e. The zero-order chi connectivity index (χ0) is 19.4. The van der Waals surface area contributed by atoms with Crippen LogP contribution in [0.5, 0.6) is 5.75 Å². The number of hydrogen-bond acceptors (Lipinski definition) is 4. The number of nitrogens with one attached hydrogen (secondary N) is 2. The number of alkyl halides is 3. The lowest BCUT2D eigenvalue weighted by atomic mass is 10.2. The van der Waals surface area contributed by atoms with Crippen molar-refractivity contribution in [3.63, 3.8) is 0 Å². The Morgan fingerprint density at radius 2 is 1.93 bits per heavy atom. The van der Waals surface area contributed by atoms with Gasteiger partial charge in [-0.15, -0.1) is 13.2 Å². The molecular formula is C18H14F3N3O3. The van der Waals surface area contributed by atoms with E-state index < -0.39 is 18.0 Å². The van der Waals surface area contributed by atoms with Gasteiger partial charge in [-0.1, -0.05) is 18.2 Å². The maximum absolute atomic E-state index is 12.2. The molecule has 2 N–H and O–H groups in total. The number of benzene rings is 2. The van der Waals surface area contributed by atoms with Crippen molar-refractivity contribution in [2.24, 2.45) is 0 Å². The third-order valence-corrected chi connectivity index (χ3v) is 3.60. The highest BCUT2D eigenvalue weighted by Crippen LogP contribution is 2.25. The van der Waals surface area contributed by atoms with Crippen molar-refractivity contribution in [1.82, 2.24) is 9.97 Å². The molecule has 0 aliphatic heterocycles. The van der Waals surface area contributed by atoms with Crippen molar-refractivity contribution in [2.75, 3.05) is 5.32 Å². The average Bonchev–Trinajstić information content (AvgIpc) is 2.59. The van der Waals surface area contributed by atoms with Crippen LogP contribution in [-0.4, -0.2) is 22.2 Å². The first-order valence-corrected chi connectivity index (χ1v) is 7.94.